The Morgan fingerprint density at radius 1 is 0.778 bits per heavy atom. The summed E-state index contributed by atoms with van der Waals surface area (Å²) in [6, 6.07) is 8.53. The van der Waals surface area contributed by atoms with Gasteiger partial charge in [-0.05, 0) is 37.1 Å². The Morgan fingerprint density at radius 3 is 1.85 bits per heavy atom. The summed E-state index contributed by atoms with van der Waals surface area (Å²) in [5.41, 5.74) is 1.25. The van der Waals surface area contributed by atoms with Gasteiger partial charge in [-0.2, -0.15) is 0 Å². The number of halogens is 2. The van der Waals surface area contributed by atoms with Crippen LogP contribution in [-0.2, 0) is 6.54 Å². The number of aromatic amines is 1. The molecule has 2 aromatic rings. The van der Waals surface area contributed by atoms with Crippen molar-refractivity contribution in [3.8, 4) is 11.4 Å². The van der Waals surface area contributed by atoms with E-state index in [9.17, 15) is 0 Å². The van der Waals surface area contributed by atoms with Gasteiger partial charge in [-0.3, -0.25) is 0 Å². The van der Waals surface area contributed by atoms with Gasteiger partial charge in [-0.25, -0.2) is 9.55 Å². The van der Waals surface area contributed by atoms with Gasteiger partial charge in [0.05, 0.1) is 12.1 Å². The van der Waals surface area contributed by atoms with E-state index in [1.54, 1.807) is 0 Å². The molecule has 27 heavy (non-hydrogen) atoms. The van der Waals surface area contributed by atoms with E-state index >= 15 is 0 Å². The van der Waals surface area contributed by atoms with Crippen LogP contribution in [0.2, 0.25) is 0 Å². The van der Waals surface area contributed by atoms with Crippen LogP contribution in [-0.4, -0.2) is 4.98 Å². The molecule has 1 aromatic carbocycles. The van der Waals surface area contributed by atoms with E-state index in [-0.39, 0.29) is 17.0 Å². The summed E-state index contributed by atoms with van der Waals surface area (Å²) < 4.78 is 3.47. The zero-order chi connectivity index (χ0) is 18.5. The Morgan fingerprint density at radius 2 is 1.30 bits per heavy atom. The van der Waals surface area contributed by atoms with Crippen LogP contribution < -0.4 is 21.5 Å². The van der Waals surface area contributed by atoms with Gasteiger partial charge in [0.25, 0.3) is 5.82 Å². The molecule has 0 aliphatic carbocycles. The second-order valence-electron chi connectivity index (χ2n) is 7.40. The summed E-state index contributed by atoms with van der Waals surface area (Å²) in [4.78, 5) is 3.38. The molecule has 2 nitrogen and oxygen atoms in total. The van der Waals surface area contributed by atoms with E-state index in [2.05, 4.69) is 62.9 Å². The quantitative estimate of drug-likeness (QED) is 0.293. The average molecular weight is 500 g/mol. The first-order chi connectivity index (χ1) is 12.8. The van der Waals surface area contributed by atoms with Crippen LogP contribution in [0, 0.1) is 0 Å². The number of H-pyrrole nitrogens is 1. The van der Waals surface area contributed by atoms with Crippen molar-refractivity contribution in [1.82, 2.24) is 4.98 Å². The molecule has 1 heterocycles. The Balaban J connectivity index is 0.00000364. The number of unbranched alkanes of at least 4 members (excludes halogenated alkanes) is 11. The Labute approximate surface area is 185 Å². The molecule has 0 spiro atoms. The summed E-state index contributed by atoms with van der Waals surface area (Å²) >= 11 is 3.51. The first-order valence-corrected chi connectivity index (χ1v) is 11.4. The number of nitrogens with zero attached hydrogens (tertiary/aromatic N) is 1. The number of benzene rings is 1. The highest BCUT2D eigenvalue weighted by atomic mass is 79.9. The SMILES string of the molecule is CCCCCCCCCCCCCC[n+]1cc[nH]c1-c1ccc(Br)cc1.[Br-]. The molecule has 0 unspecified atom stereocenters. The number of imidazole rings is 1. The van der Waals surface area contributed by atoms with Crippen LogP contribution in [0.4, 0.5) is 0 Å². The minimum absolute atomic E-state index is 0. The molecule has 0 saturated heterocycles. The van der Waals surface area contributed by atoms with Crippen LogP contribution in [0.25, 0.3) is 11.4 Å². The standard InChI is InChI=1S/C23H35BrN2.BrH/c1-2-3-4-5-6-7-8-9-10-11-12-13-19-26-20-18-25-23(26)21-14-16-22(24)17-15-21;/h14-18,20H,2-13,19H2,1H3;1H. The zero-order valence-electron chi connectivity index (χ0n) is 16.9. The summed E-state index contributed by atoms with van der Waals surface area (Å²) in [6.45, 7) is 3.39. The fourth-order valence-electron chi connectivity index (χ4n) is 3.53. The van der Waals surface area contributed by atoms with Gasteiger partial charge in [-0.1, -0.05) is 87.1 Å². The fourth-order valence-corrected chi connectivity index (χ4v) is 3.79. The van der Waals surface area contributed by atoms with Crippen LogP contribution in [0.15, 0.2) is 41.1 Å². The summed E-state index contributed by atoms with van der Waals surface area (Å²) in [7, 11) is 0. The molecule has 1 N–H and O–H groups in total. The molecule has 0 bridgehead atoms. The van der Waals surface area contributed by atoms with Crippen molar-refractivity contribution in [2.24, 2.45) is 0 Å². The Kier molecular flexibility index (Phi) is 13.9. The van der Waals surface area contributed by atoms with E-state index in [1.165, 1.54) is 88.4 Å². The number of hydrogen-bond donors (Lipinski definition) is 1. The summed E-state index contributed by atoms with van der Waals surface area (Å²) in [5, 5.41) is 0. The van der Waals surface area contributed by atoms with E-state index < -0.39 is 0 Å². The van der Waals surface area contributed by atoms with Gasteiger partial charge in [-0.15, -0.1) is 0 Å². The predicted molar refractivity (Wildman–Crippen MR) is 115 cm³/mol. The highest BCUT2D eigenvalue weighted by molar-refractivity contribution is 9.10. The maximum absolute atomic E-state index is 3.51. The summed E-state index contributed by atoms with van der Waals surface area (Å²) in [6.07, 6.45) is 21.0. The van der Waals surface area contributed by atoms with E-state index in [1.807, 2.05) is 6.20 Å². The molecule has 0 aliphatic heterocycles. The maximum atomic E-state index is 3.51. The third-order valence-corrected chi connectivity index (χ3v) is 5.66. The van der Waals surface area contributed by atoms with E-state index in [0.717, 1.165) is 11.0 Å². The third-order valence-electron chi connectivity index (χ3n) is 5.13. The molecule has 152 valence electrons. The smallest absolute Gasteiger partial charge is 0.286 e. The van der Waals surface area contributed by atoms with E-state index in [0.29, 0.717) is 0 Å². The number of aromatic nitrogens is 2. The highest BCUT2D eigenvalue weighted by Crippen LogP contribution is 2.17. The van der Waals surface area contributed by atoms with Gasteiger partial charge in [0.1, 0.15) is 12.4 Å². The molecule has 0 fully saturated rings. The normalized spacial score (nSPS) is 10.7. The van der Waals surface area contributed by atoms with Gasteiger partial charge >= 0.3 is 0 Å². The predicted octanol–water partition coefficient (Wildman–Crippen LogP) is 4.44. The van der Waals surface area contributed by atoms with Crippen LogP contribution >= 0.6 is 15.9 Å². The lowest BCUT2D eigenvalue weighted by molar-refractivity contribution is -0.685. The van der Waals surface area contributed by atoms with Gasteiger partial charge in [0.2, 0.25) is 0 Å². The third kappa shape index (κ3) is 9.94. The van der Waals surface area contributed by atoms with Crippen molar-refractivity contribution in [2.75, 3.05) is 0 Å². The molecule has 0 aliphatic rings. The Bertz CT molecular complexity index is 593. The number of nitrogens with one attached hydrogen (secondary N) is 1. The second-order valence-corrected chi connectivity index (χ2v) is 8.31. The van der Waals surface area contributed by atoms with Gasteiger partial charge in [0.15, 0.2) is 0 Å². The molecule has 0 radical (unpaired) electrons. The fraction of sp³-hybridized carbons (Fsp3) is 0.609. The Hall–Kier alpha value is -0.610. The van der Waals surface area contributed by atoms with Crippen molar-refractivity contribution in [1.29, 1.82) is 0 Å². The lowest BCUT2D eigenvalue weighted by atomic mass is 10.1. The van der Waals surface area contributed by atoms with Crippen LogP contribution in [0.3, 0.4) is 0 Å². The minimum Gasteiger partial charge on any atom is -1.00 e. The minimum atomic E-state index is 0. The molecule has 4 heteroatoms. The summed E-state index contributed by atoms with van der Waals surface area (Å²) in [5.74, 6) is 1.21. The topological polar surface area (TPSA) is 19.7 Å². The van der Waals surface area contributed by atoms with Crippen molar-refractivity contribution in [2.45, 2.75) is 90.5 Å². The van der Waals surface area contributed by atoms with Crippen molar-refractivity contribution >= 4 is 15.9 Å². The largest absolute Gasteiger partial charge is 1.00 e. The first kappa shape index (κ1) is 24.4. The number of rotatable bonds is 14. The molecule has 0 saturated carbocycles. The van der Waals surface area contributed by atoms with E-state index in [4.69, 9.17) is 0 Å². The van der Waals surface area contributed by atoms with Gasteiger partial charge in [0, 0.05) is 4.47 Å². The molecule has 2 rings (SSSR count). The lowest BCUT2D eigenvalue weighted by Crippen LogP contribution is -3.00. The molecular weight excluding hydrogens is 464 g/mol. The van der Waals surface area contributed by atoms with Crippen molar-refractivity contribution < 1.29 is 21.5 Å². The van der Waals surface area contributed by atoms with Crippen molar-refractivity contribution in [3.63, 3.8) is 0 Å². The van der Waals surface area contributed by atoms with Gasteiger partial charge < -0.3 is 17.0 Å². The van der Waals surface area contributed by atoms with Crippen LogP contribution in [0.1, 0.15) is 84.0 Å². The molecular formula is C23H36Br2N2. The maximum Gasteiger partial charge on any atom is 0.286 e. The van der Waals surface area contributed by atoms with Crippen molar-refractivity contribution in [3.05, 3.63) is 41.1 Å². The van der Waals surface area contributed by atoms with Crippen LogP contribution in [0.5, 0.6) is 0 Å². The first-order valence-electron chi connectivity index (χ1n) is 10.6. The number of aryl methyl sites for hydroxylation is 1. The molecule has 0 atom stereocenters. The lowest BCUT2D eigenvalue weighted by Gasteiger charge is -2.03. The number of hydrogen-bond acceptors (Lipinski definition) is 0. The monoisotopic (exact) mass is 498 g/mol. The highest BCUT2D eigenvalue weighted by Gasteiger charge is 2.12. The second kappa shape index (κ2) is 15.3. The molecule has 1 aromatic heterocycles. The average Bonchev–Trinajstić information content (AvgIpc) is 3.12. The molecule has 0 amide bonds. The zero-order valence-corrected chi connectivity index (χ0v) is 20.0.